The molecule has 5 heteroatoms. The summed E-state index contributed by atoms with van der Waals surface area (Å²) in [5.41, 5.74) is 1.52. The number of benzene rings is 1. The fraction of sp³-hybridized carbons (Fsp3) is 0.533. The van der Waals surface area contributed by atoms with Gasteiger partial charge >= 0.3 is 5.76 Å². The van der Waals surface area contributed by atoms with Crippen LogP contribution in [-0.2, 0) is 11.3 Å². The number of rotatable bonds is 3. The van der Waals surface area contributed by atoms with Crippen LogP contribution in [0.4, 0.5) is 0 Å². The summed E-state index contributed by atoms with van der Waals surface area (Å²) in [6.45, 7) is 7.37. The van der Waals surface area contributed by atoms with Gasteiger partial charge in [0.15, 0.2) is 5.58 Å². The molecule has 108 valence electrons. The molecule has 2 atom stereocenters. The van der Waals surface area contributed by atoms with E-state index in [1.165, 1.54) is 0 Å². The Morgan fingerprint density at radius 3 is 2.90 bits per heavy atom. The van der Waals surface area contributed by atoms with Gasteiger partial charge in [0.2, 0.25) is 0 Å². The standard InChI is InChI=1S/C15H20N2O3/c1-11-10-19-12(2)9-16(11)7-8-17-13-5-3-4-6-14(13)20-15(17)18/h3-6,11-12H,7-10H2,1-2H3. The Morgan fingerprint density at radius 2 is 2.05 bits per heavy atom. The molecule has 1 saturated heterocycles. The van der Waals surface area contributed by atoms with Crippen LogP contribution < -0.4 is 5.76 Å². The predicted molar refractivity (Wildman–Crippen MR) is 76.9 cm³/mol. The number of morpholine rings is 1. The van der Waals surface area contributed by atoms with E-state index in [9.17, 15) is 4.79 Å². The fourth-order valence-electron chi connectivity index (χ4n) is 2.74. The molecule has 1 aromatic carbocycles. The van der Waals surface area contributed by atoms with Crippen LogP contribution in [0.25, 0.3) is 11.1 Å². The Morgan fingerprint density at radius 1 is 1.25 bits per heavy atom. The van der Waals surface area contributed by atoms with Crippen LogP contribution in [0.5, 0.6) is 0 Å². The second kappa shape index (κ2) is 5.42. The third kappa shape index (κ3) is 2.51. The molecule has 2 aromatic rings. The van der Waals surface area contributed by atoms with Gasteiger partial charge in [-0.1, -0.05) is 12.1 Å². The van der Waals surface area contributed by atoms with Crippen LogP contribution in [0.1, 0.15) is 13.8 Å². The van der Waals surface area contributed by atoms with E-state index in [4.69, 9.17) is 9.15 Å². The summed E-state index contributed by atoms with van der Waals surface area (Å²) in [7, 11) is 0. The summed E-state index contributed by atoms with van der Waals surface area (Å²) in [5, 5.41) is 0. The minimum atomic E-state index is -0.278. The maximum atomic E-state index is 11.9. The number of aromatic nitrogens is 1. The average molecular weight is 276 g/mol. The highest BCUT2D eigenvalue weighted by Crippen LogP contribution is 2.14. The minimum absolute atomic E-state index is 0.254. The molecule has 0 spiro atoms. The lowest BCUT2D eigenvalue weighted by Gasteiger charge is -2.36. The molecule has 20 heavy (non-hydrogen) atoms. The van der Waals surface area contributed by atoms with Gasteiger partial charge in [-0.05, 0) is 26.0 Å². The quantitative estimate of drug-likeness (QED) is 0.856. The molecular weight excluding hydrogens is 256 g/mol. The monoisotopic (exact) mass is 276 g/mol. The molecule has 1 aliphatic heterocycles. The van der Waals surface area contributed by atoms with Crippen LogP contribution >= 0.6 is 0 Å². The molecule has 0 amide bonds. The van der Waals surface area contributed by atoms with Crippen molar-refractivity contribution in [1.29, 1.82) is 0 Å². The lowest BCUT2D eigenvalue weighted by Crippen LogP contribution is -2.48. The minimum Gasteiger partial charge on any atom is -0.408 e. The fourth-order valence-corrected chi connectivity index (χ4v) is 2.74. The third-order valence-electron chi connectivity index (χ3n) is 3.92. The highest BCUT2D eigenvalue weighted by molar-refractivity contribution is 5.72. The second-order valence-corrected chi connectivity index (χ2v) is 5.48. The number of fused-ring (bicyclic) bond motifs is 1. The van der Waals surface area contributed by atoms with Crippen LogP contribution in [0.15, 0.2) is 33.5 Å². The zero-order valence-corrected chi connectivity index (χ0v) is 11.9. The molecular formula is C15H20N2O3. The van der Waals surface area contributed by atoms with Gasteiger partial charge in [0.05, 0.1) is 18.2 Å². The van der Waals surface area contributed by atoms with Crippen molar-refractivity contribution in [3.63, 3.8) is 0 Å². The SMILES string of the molecule is CC1CN(CCn2c(=O)oc3ccccc32)C(C)CO1. The summed E-state index contributed by atoms with van der Waals surface area (Å²) in [6, 6.07) is 7.94. The van der Waals surface area contributed by atoms with Gasteiger partial charge < -0.3 is 9.15 Å². The van der Waals surface area contributed by atoms with E-state index in [1.54, 1.807) is 4.57 Å². The van der Waals surface area contributed by atoms with Gasteiger partial charge in [-0.2, -0.15) is 0 Å². The van der Waals surface area contributed by atoms with Crippen LogP contribution in [0.3, 0.4) is 0 Å². The van der Waals surface area contributed by atoms with Crippen molar-refractivity contribution in [2.45, 2.75) is 32.5 Å². The zero-order chi connectivity index (χ0) is 14.1. The Kier molecular flexibility index (Phi) is 3.63. The van der Waals surface area contributed by atoms with Gasteiger partial charge in [-0.15, -0.1) is 0 Å². The number of ether oxygens (including phenoxy) is 1. The van der Waals surface area contributed by atoms with Crippen LogP contribution in [0.2, 0.25) is 0 Å². The first kappa shape index (κ1) is 13.4. The first-order valence-electron chi connectivity index (χ1n) is 7.09. The molecule has 0 aliphatic carbocycles. The molecule has 0 radical (unpaired) electrons. The maximum absolute atomic E-state index is 11.9. The number of nitrogens with zero attached hydrogens (tertiary/aromatic N) is 2. The van der Waals surface area contributed by atoms with Crippen LogP contribution in [0, 0.1) is 0 Å². The molecule has 0 saturated carbocycles. The Labute approximate surface area is 117 Å². The Hall–Kier alpha value is -1.59. The van der Waals surface area contributed by atoms with Crippen molar-refractivity contribution in [2.75, 3.05) is 19.7 Å². The Bertz CT molecular complexity index is 646. The summed E-state index contributed by atoms with van der Waals surface area (Å²) in [4.78, 5) is 14.3. The first-order chi connectivity index (χ1) is 9.65. The summed E-state index contributed by atoms with van der Waals surface area (Å²) >= 11 is 0. The molecule has 1 aromatic heterocycles. The smallest absolute Gasteiger partial charge is 0.408 e. The van der Waals surface area contributed by atoms with Gasteiger partial charge in [0, 0.05) is 25.7 Å². The summed E-state index contributed by atoms with van der Waals surface area (Å²) in [6.07, 6.45) is 0.254. The van der Waals surface area contributed by atoms with E-state index in [0.29, 0.717) is 18.2 Å². The Balaban J connectivity index is 1.77. The second-order valence-electron chi connectivity index (χ2n) is 5.48. The zero-order valence-electron chi connectivity index (χ0n) is 11.9. The summed E-state index contributed by atoms with van der Waals surface area (Å²) < 4.78 is 12.6. The molecule has 0 N–H and O–H groups in total. The van der Waals surface area contributed by atoms with Gasteiger partial charge in [-0.25, -0.2) is 4.79 Å². The van der Waals surface area contributed by atoms with E-state index >= 15 is 0 Å². The van der Waals surface area contributed by atoms with Crippen molar-refractivity contribution in [3.8, 4) is 0 Å². The van der Waals surface area contributed by atoms with E-state index in [-0.39, 0.29) is 11.9 Å². The molecule has 2 unspecified atom stereocenters. The summed E-state index contributed by atoms with van der Waals surface area (Å²) in [5.74, 6) is -0.278. The van der Waals surface area contributed by atoms with E-state index in [1.807, 2.05) is 24.3 Å². The molecule has 1 aliphatic rings. The van der Waals surface area contributed by atoms with E-state index in [0.717, 1.165) is 25.2 Å². The molecule has 0 bridgehead atoms. The number of para-hydroxylation sites is 2. The highest BCUT2D eigenvalue weighted by atomic mass is 16.5. The first-order valence-corrected chi connectivity index (χ1v) is 7.09. The number of oxazole rings is 1. The van der Waals surface area contributed by atoms with Crippen molar-refractivity contribution in [3.05, 3.63) is 34.8 Å². The predicted octanol–water partition coefficient (Wildman–Crippen LogP) is 1.70. The molecule has 5 nitrogen and oxygen atoms in total. The molecule has 2 heterocycles. The molecule has 1 fully saturated rings. The average Bonchev–Trinajstić information content (AvgIpc) is 2.75. The van der Waals surface area contributed by atoms with Crippen LogP contribution in [-0.4, -0.2) is 41.3 Å². The largest absolute Gasteiger partial charge is 0.419 e. The lowest BCUT2D eigenvalue weighted by atomic mass is 10.2. The van der Waals surface area contributed by atoms with E-state index in [2.05, 4.69) is 18.7 Å². The number of hydrogen-bond donors (Lipinski definition) is 0. The lowest BCUT2D eigenvalue weighted by molar-refractivity contribution is -0.0502. The van der Waals surface area contributed by atoms with Gasteiger partial charge in [0.25, 0.3) is 0 Å². The maximum Gasteiger partial charge on any atom is 0.419 e. The highest BCUT2D eigenvalue weighted by Gasteiger charge is 2.23. The topological polar surface area (TPSA) is 47.6 Å². The van der Waals surface area contributed by atoms with Crippen molar-refractivity contribution in [2.24, 2.45) is 0 Å². The third-order valence-corrected chi connectivity index (χ3v) is 3.92. The normalized spacial score (nSPS) is 24.3. The van der Waals surface area contributed by atoms with Crippen molar-refractivity contribution >= 4 is 11.1 Å². The van der Waals surface area contributed by atoms with Gasteiger partial charge in [-0.3, -0.25) is 9.47 Å². The molecule has 3 rings (SSSR count). The van der Waals surface area contributed by atoms with Crippen molar-refractivity contribution < 1.29 is 9.15 Å². The number of hydrogen-bond acceptors (Lipinski definition) is 4. The van der Waals surface area contributed by atoms with Crippen molar-refractivity contribution in [1.82, 2.24) is 9.47 Å². The van der Waals surface area contributed by atoms with E-state index < -0.39 is 0 Å². The van der Waals surface area contributed by atoms with Gasteiger partial charge in [0.1, 0.15) is 0 Å².